The van der Waals surface area contributed by atoms with Crippen LogP contribution in [0.3, 0.4) is 0 Å². The van der Waals surface area contributed by atoms with E-state index in [2.05, 4.69) is 11.9 Å². The van der Waals surface area contributed by atoms with Crippen LogP contribution in [0.15, 0.2) is 66.9 Å². The Morgan fingerprint density at radius 2 is 1.56 bits per heavy atom. The van der Waals surface area contributed by atoms with Crippen LogP contribution < -0.4 is 0 Å². The van der Waals surface area contributed by atoms with E-state index < -0.39 is 17.6 Å². The first-order valence-electron chi connectivity index (χ1n) is 11.3. The number of aryl methyl sites for hydroxylation is 3. The molecular formula is C28H24F5N. The van der Waals surface area contributed by atoms with Crippen LogP contribution in [0, 0.1) is 11.6 Å². The molecule has 1 aromatic heterocycles. The van der Waals surface area contributed by atoms with Crippen LogP contribution in [-0.4, -0.2) is 4.98 Å². The number of pyridine rings is 1. The summed E-state index contributed by atoms with van der Waals surface area (Å²) < 4.78 is 67.2. The van der Waals surface area contributed by atoms with Gasteiger partial charge in [0.2, 0.25) is 0 Å². The average molecular weight is 469 g/mol. The summed E-state index contributed by atoms with van der Waals surface area (Å²) in [4.78, 5) is 4.62. The van der Waals surface area contributed by atoms with Crippen molar-refractivity contribution in [3.05, 3.63) is 101 Å². The molecule has 0 aliphatic carbocycles. The predicted octanol–water partition coefficient (Wildman–Crippen LogP) is 8.33. The zero-order valence-electron chi connectivity index (χ0n) is 18.7. The van der Waals surface area contributed by atoms with Crippen LogP contribution in [0.5, 0.6) is 0 Å². The van der Waals surface area contributed by atoms with Gasteiger partial charge in [-0.1, -0.05) is 49.7 Å². The smallest absolute Gasteiger partial charge is 0.256 e. The second-order valence-electron chi connectivity index (χ2n) is 8.39. The SMILES string of the molecule is CCCCc1ccc(-c2ccc3c(F)cccc3c2CCc2ccc(C(F)(F)F)c(F)c2)nc1. The Kier molecular flexibility index (Phi) is 6.96. The van der Waals surface area contributed by atoms with E-state index in [9.17, 15) is 22.0 Å². The molecule has 0 saturated heterocycles. The van der Waals surface area contributed by atoms with Crippen molar-refractivity contribution in [1.82, 2.24) is 4.98 Å². The highest BCUT2D eigenvalue weighted by atomic mass is 19.4. The normalized spacial score (nSPS) is 11.8. The molecule has 3 aromatic carbocycles. The van der Waals surface area contributed by atoms with Gasteiger partial charge in [-0.3, -0.25) is 4.98 Å². The van der Waals surface area contributed by atoms with Crippen molar-refractivity contribution in [2.24, 2.45) is 0 Å². The quantitative estimate of drug-likeness (QED) is 0.248. The highest BCUT2D eigenvalue weighted by Crippen LogP contribution is 2.34. The second kappa shape index (κ2) is 9.92. The van der Waals surface area contributed by atoms with Gasteiger partial charge in [0.1, 0.15) is 11.6 Å². The standard InChI is InChI=1S/C28H24F5N/c1-2-3-5-19-10-15-27(34-17-19)23-13-12-22-20(6-4-7-25(22)29)21(23)11-8-18-9-14-24(26(30)16-18)28(31,32)33/h4,6-7,9-10,12-17H,2-3,5,8,11H2,1H3. The minimum Gasteiger partial charge on any atom is -0.256 e. The van der Waals surface area contributed by atoms with Crippen molar-refractivity contribution >= 4 is 10.8 Å². The van der Waals surface area contributed by atoms with Crippen molar-refractivity contribution in [1.29, 1.82) is 0 Å². The van der Waals surface area contributed by atoms with Gasteiger partial charge >= 0.3 is 6.18 Å². The lowest BCUT2D eigenvalue weighted by molar-refractivity contribution is -0.140. The highest BCUT2D eigenvalue weighted by molar-refractivity contribution is 5.91. The monoisotopic (exact) mass is 469 g/mol. The average Bonchev–Trinajstić information content (AvgIpc) is 2.81. The molecule has 0 aliphatic heterocycles. The molecule has 4 rings (SSSR count). The molecule has 0 unspecified atom stereocenters. The van der Waals surface area contributed by atoms with Crippen molar-refractivity contribution in [2.75, 3.05) is 0 Å². The number of alkyl halides is 3. The summed E-state index contributed by atoms with van der Waals surface area (Å²) in [6, 6.07) is 15.3. The Bertz CT molecular complexity index is 1290. The summed E-state index contributed by atoms with van der Waals surface area (Å²) >= 11 is 0. The van der Waals surface area contributed by atoms with Crippen molar-refractivity contribution in [3.8, 4) is 11.3 Å². The summed E-state index contributed by atoms with van der Waals surface area (Å²) in [5, 5.41) is 1.17. The van der Waals surface area contributed by atoms with Crippen LogP contribution >= 0.6 is 0 Å². The lowest BCUT2D eigenvalue weighted by Crippen LogP contribution is -2.08. The van der Waals surface area contributed by atoms with Gasteiger partial charge in [0.25, 0.3) is 0 Å². The summed E-state index contributed by atoms with van der Waals surface area (Å²) in [6.45, 7) is 2.13. The molecule has 0 bridgehead atoms. The molecule has 0 amide bonds. The van der Waals surface area contributed by atoms with Gasteiger partial charge in [-0.25, -0.2) is 8.78 Å². The molecular weight excluding hydrogens is 445 g/mol. The minimum atomic E-state index is -4.74. The Morgan fingerprint density at radius 3 is 2.24 bits per heavy atom. The zero-order valence-corrected chi connectivity index (χ0v) is 18.7. The summed E-state index contributed by atoms with van der Waals surface area (Å²) in [5.74, 6) is -1.65. The third-order valence-electron chi connectivity index (χ3n) is 6.04. The maximum absolute atomic E-state index is 14.5. The number of unbranched alkanes of at least 4 members (excludes halogenated alkanes) is 1. The molecule has 0 spiro atoms. The summed E-state index contributed by atoms with van der Waals surface area (Å²) in [6.07, 6.45) is 0.900. The van der Waals surface area contributed by atoms with Crippen LogP contribution in [0.25, 0.3) is 22.0 Å². The largest absolute Gasteiger partial charge is 0.419 e. The fraction of sp³-hybridized carbons (Fsp3) is 0.250. The van der Waals surface area contributed by atoms with E-state index in [0.29, 0.717) is 29.2 Å². The molecule has 0 atom stereocenters. The number of hydrogen-bond acceptors (Lipinski definition) is 1. The van der Waals surface area contributed by atoms with E-state index in [4.69, 9.17) is 0 Å². The molecule has 0 N–H and O–H groups in total. The first-order valence-corrected chi connectivity index (χ1v) is 11.3. The van der Waals surface area contributed by atoms with Gasteiger partial charge in [-0.15, -0.1) is 0 Å². The first kappa shape index (κ1) is 23.9. The fourth-order valence-electron chi connectivity index (χ4n) is 4.22. The van der Waals surface area contributed by atoms with Gasteiger partial charge in [0.05, 0.1) is 11.3 Å². The lowest BCUT2D eigenvalue weighted by Gasteiger charge is -2.15. The second-order valence-corrected chi connectivity index (χ2v) is 8.39. The Hall–Kier alpha value is -3.28. The number of fused-ring (bicyclic) bond motifs is 1. The highest BCUT2D eigenvalue weighted by Gasteiger charge is 2.33. The van der Waals surface area contributed by atoms with Crippen molar-refractivity contribution in [2.45, 2.75) is 45.2 Å². The van der Waals surface area contributed by atoms with Crippen LogP contribution in [0.4, 0.5) is 22.0 Å². The Morgan fingerprint density at radius 1 is 0.765 bits per heavy atom. The van der Waals surface area contributed by atoms with Gasteiger partial charge in [0, 0.05) is 17.1 Å². The van der Waals surface area contributed by atoms with E-state index in [-0.39, 0.29) is 5.82 Å². The molecule has 0 fully saturated rings. The van der Waals surface area contributed by atoms with Gasteiger partial charge in [-0.05, 0) is 72.0 Å². The van der Waals surface area contributed by atoms with Crippen LogP contribution in [-0.2, 0) is 25.4 Å². The van der Waals surface area contributed by atoms with E-state index in [1.54, 1.807) is 12.1 Å². The molecule has 1 nitrogen and oxygen atoms in total. The maximum atomic E-state index is 14.5. The fourth-order valence-corrected chi connectivity index (χ4v) is 4.22. The number of rotatable bonds is 7. The van der Waals surface area contributed by atoms with E-state index >= 15 is 0 Å². The Balaban J connectivity index is 1.70. The molecule has 0 saturated carbocycles. The van der Waals surface area contributed by atoms with E-state index in [1.807, 2.05) is 30.5 Å². The Labute approximate surface area is 195 Å². The number of benzene rings is 3. The minimum absolute atomic E-state index is 0.298. The van der Waals surface area contributed by atoms with E-state index in [1.165, 1.54) is 12.1 Å². The third kappa shape index (κ3) is 5.11. The predicted molar refractivity (Wildman–Crippen MR) is 125 cm³/mol. The number of nitrogens with zero attached hydrogens (tertiary/aromatic N) is 1. The topological polar surface area (TPSA) is 12.9 Å². The maximum Gasteiger partial charge on any atom is 0.419 e. The number of aromatic nitrogens is 1. The summed E-state index contributed by atoms with van der Waals surface area (Å²) in [7, 11) is 0. The molecule has 4 aromatic rings. The van der Waals surface area contributed by atoms with Gasteiger partial charge in [-0.2, -0.15) is 13.2 Å². The third-order valence-corrected chi connectivity index (χ3v) is 6.04. The van der Waals surface area contributed by atoms with Crippen molar-refractivity contribution in [3.63, 3.8) is 0 Å². The molecule has 6 heteroatoms. The van der Waals surface area contributed by atoms with Crippen molar-refractivity contribution < 1.29 is 22.0 Å². The first-order chi connectivity index (χ1) is 16.3. The van der Waals surface area contributed by atoms with Crippen LogP contribution in [0.2, 0.25) is 0 Å². The molecule has 34 heavy (non-hydrogen) atoms. The molecule has 176 valence electrons. The van der Waals surface area contributed by atoms with Gasteiger partial charge in [0.15, 0.2) is 0 Å². The zero-order chi connectivity index (χ0) is 24.3. The molecule has 0 radical (unpaired) electrons. The molecule has 1 heterocycles. The summed E-state index contributed by atoms with van der Waals surface area (Å²) in [5.41, 5.74) is 2.68. The van der Waals surface area contributed by atoms with Crippen LogP contribution in [0.1, 0.15) is 42.0 Å². The van der Waals surface area contributed by atoms with Gasteiger partial charge < -0.3 is 0 Å². The number of hydrogen-bond donors (Lipinski definition) is 0. The lowest BCUT2D eigenvalue weighted by atomic mass is 9.91. The van der Waals surface area contributed by atoms with E-state index in [0.717, 1.165) is 53.8 Å². The molecule has 0 aliphatic rings. The number of halogens is 5.